The summed E-state index contributed by atoms with van der Waals surface area (Å²) in [6.45, 7) is 0. The maximum Gasteiger partial charge on any atom is 0.226 e. The first-order valence-electron chi connectivity index (χ1n) is 6.06. The number of hydrogen-bond donors (Lipinski definition) is 0. The van der Waals surface area contributed by atoms with Crippen LogP contribution in [0.4, 0.5) is 0 Å². The van der Waals surface area contributed by atoms with Crippen molar-refractivity contribution in [3.05, 3.63) is 49.1 Å². The Hall–Kier alpha value is -2.62. The molecule has 0 aliphatic carbocycles. The lowest BCUT2D eigenvalue weighted by Gasteiger charge is -2.02. The molecule has 1 aromatic carbocycles. The lowest BCUT2D eigenvalue weighted by molar-refractivity contribution is 0.603. The first-order chi connectivity index (χ1) is 9.31. The summed E-state index contributed by atoms with van der Waals surface area (Å²) in [7, 11) is 1.92. The molecule has 0 fully saturated rings. The predicted molar refractivity (Wildman–Crippen MR) is 73.7 cm³/mol. The molecule has 0 atom stereocenters. The van der Waals surface area contributed by atoms with Crippen LogP contribution in [0.1, 0.15) is 0 Å². The summed E-state index contributed by atoms with van der Waals surface area (Å²) in [5.41, 5.74) is 2.93. The van der Waals surface area contributed by atoms with Gasteiger partial charge in [0.05, 0.1) is 12.5 Å². The summed E-state index contributed by atoms with van der Waals surface area (Å²) in [4.78, 5) is 4.29. The van der Waals surface area contributed by atoms with Crippen LogP contribution in [0.3, 0.4) is 0 Å². The second kappa shape index (κ2) is 3.68. The lowest BCUT2D eigenvalue weighted by Crippen LogP contribution is -1.84. The predicted octanol–water partition coefficient (Wildman–Crippen LogP) is 3.38. The van der Waals surface area contributed by atoms with Gasteiger partial charge in [-0.15, -0.1) is 0 Å². The standard InChI is InChI=1S/C15H11N3O/c1-18-9-12(8-17-18)10-2-3-11-7-16-15-13(4-5-19-15)14(11)6-10/h2-9H,1H3. The third kappa shape index (κ3) is 1.53. The zero-order valence-corrected chi connectivity index (χ0v) is 10.4. The van der Waals surface area contributed by atoms with Crippen molar-refractivity contribution < 1.29 is 4.42 Å². The first-order valence-corrected chi connectivity index (χ1v) is 6.06. The highest BCUT2D eigenvalue weighted by atomic mass is 16.3. The molecule has 92 valence electrons. The second-order valence-electron chi connectivity index (χ2n) is 4.60. The minimum atomic E-state index is 0.677. The van der Waals surface area contributed by atoms with E-state index in [-0.39, 0.29) is 0 Å². The van der Waals surface area contributed by atoms with E-state index in [1.165, 1.54) is 0 Å². The van der Waals surface area contributed by atoms with Gasteiger partial charge >= 0.3 is 0 Å². The molecule has 0 aliphatic heterocycles. The van der Waals surface area contributed by atoms with Gasteiger partial charge in [0.15, 0.2) is 0 Å². The Bertz CT molecular complexity index is 889. The largest absolute Gasteiger partial charge is 0.446 e. The maximum atomic E-state index is 5.35. The second-order valence-corrected chi connectivity index (χ2v) is 4.60. The molecule has 0 unspecified atom stereocenters. The van der Waals surface area contributed by atoms with Crippen LogP contribution in [0.2, 0.25) is 0 Å². The molecule has 3 aromatic heterocycles. The van der Waals surface area contributed by atoms with Gasteiger partial charge in [0.25, 0.3) is 0 Å². The highest BCUT2D eigenvalue weighted by Gasteiger charge is 2.07. The van der Waals surface area contributed by atoms with Gasteiger partial charge in [0.1, 0.15) is 0 Å². The van der Waals surface area contributed by atoms with Crippen LogP contribution in [-0.4, -0.2) is 14.8 Å². The van der Waals surface area contributed by atoms with Gasteiger partial charge in [-0.05, 0) is 23.1 Å². The normalized spacial score (nSPS) is 11.4. The van der Waals surface area contributed by atoms with Crippen LogP contribution in [0, 0.1) is 0 Å². The molecule has 0 spiro atoms. The number of nitrogens with zero attached hydrogens (tertiary/aromatic N) is 3. The van der Waals surface area contributed by atoms with Crippen molar-refractivity contribution in [2.75, 3.05) is 0 Å². The molecule has 4 nitrogen and oxygen atoms in total. The SMILES string of the molecule is Cn1cc(-c2ccc3cnc4occc4c3c2)cn1. The van der Waals surface area contributed by atoms with E-state index in [0.717, 1.165) is 27.3 Å². The van der Waals surface area contributed by atoms with Crippen molar-refractivity contribution in [1.29, 1.82) is 0 Å². The number of furan rings is 1. The fourth-order valence-corrected chi connectivity index (χ4v) is 2.39. The highest BCUT2D eigenvalue weighted by molar-refractivity contribution is 6.05. The van der Waals surface area contributed by atoms with E-state index >= 15 is 0 Å². The number of hydrogen-bond acceptors (Lipinski definition) is 3. The highest BCUT2D eigenvalue weighted by Crippen LogP contribution is 2.28. The maximum absolute atomic E-state index is 5.35. The van der Waals surface area contributed by atoms with E-state index in [1.807, 2.05) is 31.7 Å². The van der Waals surface area contributed by atoms with Crippen molar-refractivity contribution in [2.24, 2.45) is 7.05 Å². The first kappa shape index (κ1) is 10.3. The summed E-state index contributed by atoms with van der Waals surface area (Å²) >= 11 is 0. The van der Waals surface area contributed by atoms with E-state index in [4.69, 9.17) is 4.42 Å². The third-order valence-electron chi connectivity index (χ3n) is 3.35. The molecule has 0 radical (unpaired) electrons. The Kier molecular flexibility index (Phi) is 2.00. The number of benzene rings is 1. The summed E-state index contributed by atoms with van der Waals surface area (Å²) < 4.78 is 7.15. The van der Waals surface area contributed by atoms with E-state index < -0.39 is 0 Å². The monoisotopic (exact) mass is 249 g/mol. The minimum absolute atomic E-state index is 0.677. The Morgan fingerprint density at radius 1 is 1.05 bits per heavy atom. The van der Waals surface area contributed by atoms with Gasteiger partial charge in [0, 0.05) is 35.8 Å². The molecule has 0 aliphatic rings. The summed E-state index contributed by atoms with van der Waals surface area (Å²) in [5.74, 6) is 0. The van der Waals surface area contributed by atoms with Crippen molar-refractivity contribution in [1.82, 2.24) is 14.8 Å². The molecule has 0 N–H and O–H groups in total. The molecule has 19 heavy (non-hydrogen) atoms. The Morgan fingerprint density at radius 3 is 2.84 bits per heavy atom. The molecule has 0 bridgehead atoms. The fourth-order valence-electron chi connectivity index (χ4n) is 2.39. The average Bonchev–Trinajstić information content (AvgIpc) is 3.06. The number of aromatic nitrogens is 3. The van der Waals surface area contributed by atoms with Crippen LogP contribution in [0.25, 0.3) is 33.0 Å². The van der Waals surface area contributed by atoms with E-state index in [9.17, 15) is 0 Å². The van der Waals surface area contributed by atoms with Crippen molar-refractivity contribution in [3.8, 4) is 11.1 Å². The Balaban J connectivity index is 2.03. The number of fused-ring (bicyclic) bond motifs is 3. The van der Waals surface area contributed by atoms with Gasteiger partial charge in [-0.3, -0.25) is 4.68 Å². The van der Waals surface area contributed by atoms with Crippen LogP contribution in [0.15, 0.2) is 53.5 Å². The van der Waals surface area contributed by atoms with E-state index in [1.54, 1.807) is 10.9 Å². The van der Waals surface area contributed by atoms with Crippen LogP contribution in [0.5, 0.6) is 0 Å². The molecule has 0 amide bonds. The molecule has 3 heterocycles. The van der Waals surface area contributed by atoms with Crippen LogP contribution < -0.4 is 0 Å². The van der Waals surface area contributed by atoms with Crippen molar-refractivity contribution >= 4 is 21.9 Å². The molecule has 4 heteroatoms. The minimum Gasteiger partial charge on any atom is -0.446 e. The average molecular weight is 249 g/mol. The van der Waals surface area contributed by atoms with Gasteiger partial charge < -0.3 is 4.42 Å². The Morgan fingerprint density at radius 2 is 2.00 bits per heavy atom. The zero-order valence-electron chi connectivity index (χ0n) is 10.4. The Labute approximate surface area is 109 Å². The smallest absolute Gasteiger partial charge is 0.226 e. The lowest BCUT2D eigenvalue weighted by atomic mass is 10.0. The summed E-state index contributed by atoms with van der Waals surface area (Å²) in [6.07, 6.45) is 7.39. The number of aryl methyl sites for hydroxylation is 1. The topological polar surface area (TPSA) is 43.9 Å². The van der Waals surface area contributed by atoms with Gasteiger partial charge in [-0.25, -0.2) is 4.98 Å². The quantitative estimate of drug-likeness (QED) is 0.519. The van der Waals surface area contributed by atoms with E-state index in [2.05, 4.69) is 28.3 Å². The molecule has 4 rings (SSSR count). The molecule has 0 saturated carbocycles. The van der Waals surface area contributed by atoms with Gasteiger partial charge in [-0.2, -0.15) is 5.10 Å². The van der Waals surface area contributed by atoms with Gasteiger partial charge in [0.2, 0.25) is 5.71 Å². The number of pyridine rings is 1. The van der Waals surface area contributed by atoms with E-state index in [0.29, 0.717) is 5.71 Å². The number of rotatable bonds is 1. The van der Waals surface area contributed by atoms with Crippen LogP contribution in [-0.2, 0) is 7.05 Å². The fraction of sp³-hybridized carbons (Fsp3) is 0.0667. The summed E-state index contributed by atoms with van der Waals surface area (Å²) in [6, 6.07) is 8.29. The van der Waals surface area contributed by atoms with Crippen molar-refractivity contribution in [3.63, 3.8) is 0 Å². The van der Waals surface area contributed by atoms with Crippen LogP contribution >= 0.6 is 0 Å². The molecular formula is C15H11N3O. The molecule has 4 aromatic rings. The third-order valence-corrected chi connectivity index (χ3v) is 3.35. The molecular weight excluding hydrogens is 238 g/mol. The molecule has 0 saturated heterocycles. The van der Waals surface area contributed by atoms with Gasteiger partial charge in [-0.1, -0.05) is 12.1 Å². The summed E-state index contributed by atoms with van der Waals surface area (Å²) in [5, 5.41) is 7.52. The zero-order chi connectivity index (χ0) is 12.8. The van der Waals surface area contributed by atoms with Crippen molar-refractivity contribution in [2.45, 2.75) is 0 Å².